The fraction of sp³-hybridized carbons (Fsp3) is 0.684. The van der Waals surface area contributed by atoms with Gasteiger partial charge in [0, 0.05) is 5.56 Å². The molecule has 2 aliphatic heterocycles. The Bertz CT molecular complexity index is 524. The highest BCUT2D eigenvalue weighted by Gasteiger charge is 2.52. The highest BCUT2D eigenvalue weighted by Crippen LogP contribution is 2.51. The summed E-state index contributed by atoms with van der Waals surface area (Å²) < 4.78 is 26.3. The summed E-state index contributed by atoms with van der Waals surface area (Å²) in [6, 6.07) is 6.89. The van der Waals surface area contributed by atoms with Crippen LogP contribution in [0.3, 0.4) is 0 Å². The lowest BCUT2D eigenvalue weighted by atomic mass is 9.65. The molecule has 22 heavy (non-hydrogen) atoms. The summed E-state index contributed by atoms with van der Waals surface area (Å²) in [5.74, 6) is 0.469. The topological polar surface area (TPSA) is 18.5 Å². The predicted octanol–water partition coefficient (Wildman–Crippen LogP) is 4.61. The molecular formula is C19H25FO2. The molecule has 2 heterocycles. The van der Waals surface area contributed by atoms with Crippen LogP contribution < -0.4 is 0 Å². The molecule has 3 unspecified atom stereocenters. The van der Waals surface area contributed by atoms with Gasteiger partial charge in [0.25, 0.3) is 0 Å². The average Bonchev–Trinajstić information content (AvgIpc) is 2.56. The van der Waals surface area contributed by atoms with Crippen molar-refractivity contribution in [1.29, 1.82) is 0 Å². The van der Waals surface area contributed by atoms with Crippen LogP contribution in [-0.2, 0) is 16.1 Å². The van der Waals surface area contributed by atoms with Crippen molar-refractivity contribution in [3.05, 3.63) is 35.6 Å². The monoisotopic (exact) mass is 304 g/mol. The summed E-state index contributed by atoms with van der Waals surface area (Å²) in [5, 5.41) is 0. The Kier molecular flexibility index (Phi) is 3.95. The van der Waals surface area contributed by atoms with E-state index in [1.54, 1.807) is 12.1 Å². The van der Waals surface area contributed by atoms with E-state index in [1.165, 1.54) is 44.6 Å². The van der Waals surface area contributed by atoms with Crippen molar-refractivity contribution in [2.24, 2.45) is 5.92 Å². The molecule has 0 radical (unpaired) electrons. The molecule has 1 aromatic rings. The van der Waals surface area contributed by atoms with Crippen molar-refractivity contribution in [2.75, 3.05) is 0 Å². The highest BCUT2D eigenvalue weighted by molar-refractivity contribution is 5.16. The zero-order valence-corrected chi connectivity index (χ0v) is 13.1. The van der Waals surface area contributed by atoms with Gasteiger partial charge in [-0.05, 0) is 44.1 Å². The van der Waals surface area contributed by atoms with E-state index in [-0.39, 0.29) is 23.6 Å². The number of fused-ring (bicyclic) bond motifs is 2. The lowest BCUT2D eigenvalue weighted by Crippen LogP contribution is -2.58. The molecule has 4 fully saturated rings. The number of ether oxygens (including phenoxy) is 2. The Morgan fingerprint density at radius 3 is 2.68 bits per heavy atom. The van der Waals surface area contributed by atoms with E-state index >= 15 is 0 Å². The molecule has 3 atom stereocenters. The second-order valence-corrected chi connectivity index (χ2v) is 7.23. The lowest BCUT2D eigenvalue weighted by Gasteiger charge is -2.56. The van der Waals surface area contributed by atoms with Crippen molar-refractivity contribution in [3.63, 3.8) is 0 Å². The minimum absolute atomic E-state index is 0.144. The molecule has 5 rings (SSSR count). The average molecular weight is 304 g/mol. The molecule has 120 valence electrons. The summed E-state index contributed by atoms with van der Waals surface area (Å²) in [6.07, 6.45) is 10.3. The highest BCUT2D eigenvalue weighted by atomic mass is 19.1. The van der Waals surface area contributed by atoms with E-state index in [0.29, 0.717) is 18.1 Å². The minimum atomic E-state index is -0.173. The van der Waals surface area contributed by atoms with E-state index in [0.717, 1.165) is 12.8 Å². The molecule has 1 spiro atoms. The van der Waals surface area contributed by atoms with Crippen LogP contribution in [0.25, 0.3) is 0 Å². The zero-order chi connectivity index (χ0) is 15.0. The van der Waals surface area contributed by atoms with Crippen LogP contribution in [0.5, 0.6) is 0 Å². The first-order chi connectivity index (χ1) is 10.8. The standard InChI is InChI=1S/C19H25FO2/c20-16-7-3-2-6-14(16)13-21-18-12-15-8-9-17(18)22-19(15)10-4-1-5-11-19/h2-3,6-7,15,17-18H,1,4-5,8-13H2. The maximum Gasteiger partial charge on any atom is 0.128 e. The molecule has 1 aromatic carbocycles. The van der Waals surface area contributed by atoms with Crippen LogP contribution in [0.2, 0.25) is 0 Å². The largest absolute Gasteiger partial charge is 0.371 e. The van der Waals surface area contributed by atoms with Gasteiger partial charge in [0.2, 0.25) is 0 Å². The third kappa shape index (κ3) is 2.59. The van der Waals surface area contributed by atoms with E-state index in [9.17, 15) is 4.39 Å². The summed E-state index contributed by atoms with van der Waals surface area (Å²) in [7, 11) is 0. The van der Waals surface area contributed by atoms with Gasteiger partial charge in [0.15, 0.2) is 0 Å². The second-order valence-electron chi connectivity index (χ2n) is 7.23. The predicted molar refractivity (Wildman–Crippen MR) is 83.0 cm³/mol. The molecule has 0 aromatic heterocycles. The van der Waals surface area contributed by atoms with Crippen molar-refractivity contribution in [3.8, 4) is 0 Å². The van der Waals surface area contributed by atoms with Gasteiger partial charge in [0.05, 0.1) is 24.4 Å². The number of rotatable bonds is 3. The third-order valence-electron chi connectivity index (χ3n) is 5.97. The maximum absolute atomic E-state index is 13.7. The first kappa shape index (κ1) is 14.6. The van der Waals surface area contributed by atoms with Gasteiger partial charge in [-0.15, -0.1) is 0 Å². The van der Waals surface area contributed by atoms with E-state index < -0.39 is 0 Å². The Morgan fingerprint density at radius 1 is 1.14 bits per heavy atom. The molecule has 3 heteroatoms. The number of halogens is 1. The summed E-state index contributed by atoms with van der Waals surface area (Å²) >= 11 is 0. The molecule has 0 amide bonds. The normalized spacial score (nSPS) is 33.2. The lowest BCUT2D eigenvalue weighted by molar-refractivity contribution is -0.258. The number of hydrogen-bond acceptors (Lipinski definition) is 2. The molecule has 2 saturated carbocycles. The van der Waals surface area contributed by atoms with Crippen LogP contribution in [0.4, 0.5) is 4.39 Å². The molecule has 0 N–H and O–H groups in total. The maximum atomic E-state index is 13.7. The van der Waals surface area contributed by atoms with E-state index in [2.05, 4.69) is 0 Å². The van der Waals surface area contributed by atoms with Crippen LogP contribution in [-0.4, -0.2) is 17.8 Å². The van der Waals surface area contributed by atoms with Crippen LogP contribution in [0.1, 0.15) is 56.9 Å². The fourth-order valence-corrected chi connectivity index (χ4v) is 4.78. The number of benzene rings is 1. The Hall–Kier alpha value is -0.930. The van der Waals surface area contributed by atoms with Gasteiger partial charge in [0.1, 0.15) is 5.82 Å². The van der Waals surface area contributed by atoms with Crippen LogP contribution in [0, 0.1) is 11.7 Å². The molecule has 2 aliphatic carbocycles. The van der Waals surface area contributed by atoms with Crippen LogP contribution >= 0.6 is 0 Å². The van der Waals surface area contributed by atoms with E-state index in [1.807, 2.05) is 6.07 Å². The molecular weight excluding hydrogens is 279 g/mol. The van der Waals surface area contributed by atoms with Gasteiger partial charge in [-0.25, -0.2) is 4.39 Å². The summed E-state index contributed by atoms with van der Waals surface area (Å²) in [5.41, 5.74) is 0.801. The first-order valence-electron chi connectivity index (χ1n) is 8.80. The van der Waals surface area contributed by atoms with Crippen molar-refractivity contribution in [2.45, 2.75) is 75.8 Å². The SMILES string of the molecule is Fc1ccccc1COC1CC2CCC1OC21CCCCC1. The van der Waals surface area contributed by atoms with Crippen molar-refractivity contribution < 1.29 is 13.9 Å². The Balaban J connectivity index is 1.40. The quantitative estimate of drug-likeness (QED) is 0.811. The van der Waals surface area contributed by atoms with Gasteiger partial charge in [-0.1, -0.05) is 37.5 Å². The Labute approximate surface area is 132 Å². The fourth-order valence-electron chi connectivity index (χ4n) is 4.78. The molecule has 2 nitrogen and oxygen atoms in total. The summed E-state index contributed by atoms with van der Waals surface area (Å²) in [4.78, 5) is 0. The smallest absolute Gasteiger partial charge is 0.128 e. The molecule has 2 bridgehead atoms. The van der Waals surface area contributed by atoms with Gasteiger partial charge < -0.3 is 9.47 Å². The van der Waals surface area contributed by atoms with E-state index in [4.69, 9.17) is 9.47 Å². The van der Waals surface area contributed by atoms with Crippen LogP contribution in [0.15, 0.2) is 24.3 Å². The molecule has 4 aliphatic rings. The van der Waals surface area contributed by atoms with Crippen molar-refractivity contribution >= 4 is 0 Å². The minimum Gasteiger partial charge on any atom is -0.371 e. The van der Waals surface area contributed by atoms with Crippen molar-refractivity contribution in [1.82, 2.24) is 0 Å². The third-order valence-corrected chi connectivity index (χ3v) is 5.97. The number of hydrogen-bond donors (Lipinski definition) is 0. The Morgan fingerprint density at radius 2 is 1.95 bits per heavy atom. The second kappa shape index (κ2) is 5.93. The van der Waals surface area contributed by atoms with Gasteiger partial charge in [-0.3, -0.25) is 0 Å². The zero-order valence-electron chi connectivity index (χ0n) is 13.1. The summed E-state index contributed by atoms with van der Waals surface area (Å²) in [6.45, 7) is 0.358. The molecule has 2 saturated heterocycles. The van der Waals surface area contributed by atoms with Gasteiger partial charge >= 0.3 is 0 Å². The van der Waals surface area contributed by atoms with Gasteiger partial charge in [-0.2, -0.15) is 0 Å². The first-order valence-corrected chi connectivity index (χ1v) is 8.80.